The molecule has 0 fully saturated rings. The van der Waals surface area contributed by atoms with Gasteiger partial charge in [-0.25, -0.2) is 9.97 Å². The van der Waals surface area contributed by atoms with E-state index in [0.29, 0.717) is 17.7 Å². The Kier molecular flexibility index (Phi) is 6.22. The van der Waals surface area contributed by atoms with Crippen LogP contribution in [0.15, 0.2) is 4.47 Å². The smallest absolute Gasteiger partial charge is 0.141 e. The number of ether oxygens (including phenoxy) is 1. The molecule has 4 nitrogen and oxygen atoms in total. The molecule has 0 aliphatic rings. The highest BCUT2D eigenvalue weighted by Gasteiger charge is 2.10. The van der Waals surface area contributed by atoms with Gasteiger partial charge in [0.2, 0.25) is 0 Å². The molecule has 2 N–H and O–H groups in total. The molecule has 1 unspecified atom stereocenters. The van der Waals surface area contributed by atoms with E-state index in [-0.39, 0.29) is 0 Å². The molecule has 1 heterocycles. The van der Waals surface area contributed by atoms with E-state index in [9.17, 15) is 0 Å². The van der Waals surface area contributed by atoms with Crippen LogP contribution in [0.3, 0.4) is 0 Å². The van der Waals surface area contributed by atoms with E-state index >= 15 is 0 Å². The molecule has 1 aromatic heterocycles. The fraction of sp³-hybridized carbons (Fsp3) is 0.636. The molecule has 1 aromatic rings. The van der Waals surface area contributed by atoms with Crippen LogP contribution >= 0.6 is 27.7 Å². The van der Waals surface area contributed by atoms with Gasteiger partial charge in [-0.1, -0.05) is 13.8 Å². The highest BCUT2D eigenvalue weighted by Crippen LogP contribution is 2.24. The second-order valence-corrected chi connectivity index (χ2v) is 5.97. The fourth-order valence-electron chi connectivity index (χ4n) is 1.20. The van der Waals surface area contributed by atoms with Crippen molar-refractivity contribution in [3.8, 4) is 0 Å². The second-order valence-electron chi connectivity index (χ2n) is 3.75. The zero-order chi connectivity index (χ0) is 12.8. The van der Waals surface area contributed by atoms with Crippen LogP contribution in [0.2, 0.25) is 0 Å². The first kappa shape index (κ1) is 14.7. The molecule has 0 saturated carbocycles. The number of nitrogens with two attached hydrogens (primary N) is 1. The zero-order valence-electron chi connectivity index (χ0n) is 10.4. The van der Waals surface area contributed by atoms with E-state index in [2.05, 4.69) is 39.7 Å². The van der Waals surface area contributed by atoms with Gasteiger partial charge in [0.05, 0.1) is 22.5 Å². The summed E-state index contributed by atoms with van der Waals surface area (Å²) < 4.78 is 5.82. The number of methoxy groups -OCH3 is 1. The van der Waals surface area contributed by atoms with Crippen molar-refractivity contribution in [2.24, 2.45) is 0 Å². The van der Waals surface area contributed by atoms with Crippen molar-refractivity contribution in [2.75, 3.05) is 12.8 Å². The summed E-state index contributed by atoms with van der Waals surface area (Å²) >= 11 is 5.21. The molecule has 0 amide bonds. The van der Waals surface area contributed by atoms with Crippen molar-refractivity contribution < 1.29 is 4.74 Å². The van der Waals surface area contributed by atoms with Gasteiger partial charge in [-0.2, -0.15) is 11.8 Å². The zero-order valence-corrected chi connectivity index (χ0v) is 12.8. The van der Waals surface area contributed by atoms with Crippen molar-refractivity contribution in [3.05, 3.63) is 16.0 Å². The lowest BCUT2D eigenvalue weighted by Gasteiger charge is -2.10. The third-order valence-corrected chi connectivity index (χ3v) is 4.54. The minimum atomic E-state index is 0.439. The monoisotopic (exact) mass is 319 g/mol. The third-order valence-electron chi connectivity index (χ3n) is 2.34. The van der Waals surface area contributed by atoms with Crippen LogP contribution in [0.5, 0.6) is 0 Å². The molecule has 1 rings (SSSR count). The van der Waals surface area contributed by atoms with Crippen molar-refractivity contribution in [1.82, 2.24) is 9.97 Å². The van der Waals surface area contributed by atoms with Crippen LogP contribution < -0.4 is 5.73 Å². The second kappa shape index (κ2) is 7.18. The van der Waals surface area contributed by atoms with Gasteiger partial charge >= 0.3 is 0 Å². The normalized spacial score (nSPS) is 12.7. The Bertz CT molecular complexity index is 376. The number of halogens is 1. The van der Waals surface area contributed by atoms with Crippen LogP contribution in [0.25, 0.3) is 0 Å². The Morgan fingerprint density at radius 3 is 2.76 bits per heavy atom. The Hall–Kier alpha value is -0.330. The largest absolute Gasteiger partial charge is 0.383 e. The van der Waals surface area contributed by atoms with Gasteiger partial charge in [0, 0.05) is 12.4 Å². The number of aromatic nitrogens is 2. The number of nitrogens with zero attached hydrogens (tertiary/aromatic N) is 2. The molecular formula is C11H18BrN3OS. The Morgan fingerprint density at radius 2 is 2.18 bits per heavy atom. The number of hydrogen-bond acceptors (Lipinski definition) is 5. The topological polar surface area (TPSA) is 61.0 Å². The van der Waals surface area contributed by atoms with Gasteiger partial charge in [-0.15, -0.1) is 0 Å². The molecule has 6 heteroatoms. The van der Waals surface area contributed by atoms with E-state index in [1.807, 2.05) is 11.8 Å². The summed E-state index contributed by atoms with van der Waals surface area (Å²) in [6, 6.07) is 0. The van der Waals surface area contributed by atoms with Crippen molar-refractivity contribution in [2.45, 2.75) is 37.9 Å². The van der Waals surface area contributed by atoms with Crippen LogP contribution in [-0.4, -0.2) is 22.3 Å². The maximum atomic E-state index is 5.83. The molecular weight excluding hydrogens is 302 g/mol. The van der Waals surface area contributed by atoms with Crippen LogP contribution in [0, 0.1) is 0 Å². The highest BCUT2D eigenvalue weighted by molar-refractivity contribution is 9.10. The number of thioether (sulfide) groups is 1. The Labute approximate surface area is 115 Å². The van der Waals surface area contributed by atoms with Crippen molar-refractivity contribution >= 4 is 33.5 Å². The minimum absolute atomic E-state index is 0.439. The molecule has 0 aliphatic carbocycles. The van der Waals surface area contributed by atoms with E-state index < -0.39 is 0 Å². The molecule has 0 saturated heterocycles. The van der Waals surface area contributed by atoms with E-state index in [4.69, 9.17) is 10.5 Å². The van der Waals surface area contributed by atoms with Gasteiger partial charge in [-0.3, -0.25) is 0 Å². The van der Waals surface area contributed by atoms with Crippen molar-refractivity contribution in [3.63, 3.8) is 0 Å². The Balaban J connectivity index is 2.79. The van der Waals surface area contributed by atoms with Gasteiger partial charge < -0.3 is 10.5 Å². The summed E-state index contributed by atoms with van der Waals surface area (Å²) in [4.78, 5) is 8.71. The lowest BCUT2D eigenvalue weighted by atomic mass is 10.4. The van der Waals surface area contributed by atoms with E-state index in [1.165, 1.54) is 0 Å². The van der Waals surface area contributed by atoms with E-state index in [0.717, 1.165) is 28.2 Å². The predicted molar refractivity (Wildman–Crippen MR) is 75.9 cm³/mol. The van der Waals surface area contributed by atoms with Crippen molar-refractivity contribution in [1.29, 1.82) is 0 Å². The predicted octanol–water partition coefficient (Wildman–Crippen LogP) is 3.00. The molecule has 0 bridgehead atoms. The molecule has 96 valence electrons. The van der Waals surface area contributed by atoms with Gasteiger partial charge in [-0.05, 0) is 22.4 Å². The molecule has 0 spiro atoms. The van der Waals surface area contributed by atoms with E-state index in [1.54, 1.807) is 7.11 Å². The summed E-state index contributed by atoms with van der Waals surface area (Å²) in [5.74, 6) is 2.03. The summed E-state index contributed by atoms with van der Waals surface area (Å²) in [6.07, 6.45) is 1.14. The molecule has 0 aromatic carbocycles. The minimum Gasteiger partial charge on any atom is -0.383 e. The Morgan fingerprint density at radius 1 is 1.47 bits per heavy atom. The summed E-state index contributed by atoms with van der Waals surface area (Å²) in [5.41, 5.74) is 6.63. The standard InChI is InChI=1S/C11H18BrN3OS/c1-4-7(2)17-6-9-14-8(5-16-3)10(12)11(13)15-9/h7H,4-6H2,1-3H3,(H2,13,14,15). The lowest BCUT2D eigenvalue weighted by molar-refractivity contribution is 0.180. The summed E-state index contributed by atoms with van der Waals surface area (Å²) in [5, 5.41) is 0.606. The van der Waals surface area contributed by atoms with Crippen LogP contribution in [-0.2, 0) is 17.1 Å². The third kappa shape index (κ3) is 4.44. The molecule has 0 radical (unpaired) electrons. The average molecular weight is 320 g/mol. The van der Waals surface area contributed by atoms with Crippen LogP contribution in [0.1, 0.15) is 31.8 Å². The van der Waals surface area contributed by atoms with Gasteiger partial charge in [0.25, 0.3) is 0 Å². The number of nitrogen functional groups attached to an aromatic ring is 1. The first-order chi connectivity index (χ1) is 8.08. The fourth-order valence-corrected chi connectivity index (χ4v) is 2.29. The lowest BCUT2D eigenvalue weighted by Crippen LogP contribution is -2.06. The number of rotatable bonds is 6. The summed E-state index contributed by atoms with van der Waals surface area (Å²) in [6.45, 7) is 4.81. The molecule has 0 aliphatic heterocycles. The van der Waals surface area contributed by atoms with Crippen LogP contribution in [0.4, 0.5) is 5.82 Å². The maximum absolute atomic E-state index is 5.83. The SMILES string of the molecule is CCC(C)SCc1nc(N)c(Br)c(COC)n1. The molecule has 17 heavy (non-hydrogen) atoms. The first-order valence-corrected chi connectivity index (χ1v) is 7.33. The summed E-state index contributed by atoms with van der Waals surface area (Å²) in [7, 11) is 1.64. The number of anilines is 1. The average Bonchev–Trinajstić information content (AvgIpc) is 2.32. The van der Waals surface area contributed by atoms with Gasteiger partial charge in [0.1, 0.15) is 11.6 Å². The first-order valence-electron chi connectivity index (χ1n) is 5.49. The quantitative estimate of drug-likeness (QED) is 0.873. The highest BCUT2D eigenvalue weighted by atomic mass is 79.9. The molecule has 1 atom stereocenters. The number of hydrogen-bond donors (Lipinski definition) is 1. The maximum Gasteiger partial charge on any atom is 0.141 e. The van der Waals surface area contributed by atoms with Gasteiger partial charge in [0.15, 0.2) is 0 Å².